The first-order valence-corrected chi connectivity index (χ1v) is 7.83. The number of halogens is 1. The molecule has 3 rings (SSSR count). The zero-order chi connectivity index (χ0) is 15.0. The number of nitrogen functional groups attached to an aromatic ring is 1. The van der Waals surface area contributed by atoms with E-state index in [-0.39, 0.29) is 12.5 Å². The van der Waals surface area contributed by atoms with Gasteiger partial charge in [-0.15, -0.1) is 11.3 Å². The molecule has 0 aliphatic carbocycles. The molecule has 0 radical (unpaired) electrons. The number of aryl methyl sites for hydroxylation is 1. The number of hydrogen-bond donors (Lipinski definition) is 2. The summed E-state index contributed by atoms with van der Waals surface area (Å²) < 4.78 is 7.17. The Hall–Kier alpha value is -1.86. The average Bonchev–Trinajstić information content (AvgIpc) is 3.01. The van der Waals surface area contributed by atoms with Crippen LogP contribution < -0.4 is 11.1 Å². The van der Waals surface area contributed by atoms with Crippen molar-refractivity contribution in [1.82, 2.24) is 10.3 Å². The zero-order valence-corrected chi connectivity index (χ0v) is 13.5. The SMILES string of the molecule is Cc1cnc(CNC(=O)c2sc3cccc(Br)c3c2N)o1. The van der Waals surface area contributed by atoms with Crippen LogP contribution in [0.4, 0.5) is 5.69 Å². The Labute approximate surface area is 133 Å². The molecule has 0 unspecified atom stereocenters. The molecule has 0 atom stereocenters. The van der Waals surface area contributed by atoms with Crippen LogP contribution in [0.1, 0.15) is 21.3 Å². The summed E-state index contributed by atoms with van der Waals surface area (Å²) in [5, 5.41) is 3.64. The van der Waals surface area contributed by atoms with Crippen LogP contribution in [0.15, 0.2) is 33.3 Å². The molecule has 3 N–H and O–H groups in total. The largest absolute Gasteiger partial charge is 0.444 e. The lowest BCUT2D eigenvalue weighted by molar-refractivity contribution is 0.0952. The van der Waals surface area contributed by atoms with Crippen LogP contribution >= 0.6 is 27.3 Å². The lowest BCUT2D eigenvalue weighted by Gasteiger charge is -2.01. The Morgan fingerprint density at radius 2 is 2.33 bits per heavy atom. The predicted molar refractivity (Wildman–Crippen MR) is 86.3 cm³/mol. The number of hydrogen-bond acceptors (Lipinski definition) is 5. The van der Waals surface area contributed by atoms with Crippen LogP contribution in [0.2, 0.25) is 0 Å². The van der Waals surface area contributed by atoms with E-state index < -0.39 is 0 Å². The van der Waals surface area contributed by atoms with Gasteiger partial charge in [0.25, 0.3) is 5.91 Å². The lowest BCUT2D eigenvalue weighted by Crippen LogP contribution is -2.22. The molecule has 3 aromatic rings. The zero-order valence-electron chi connectivity index (χ0n) is 11.1. The Morgan fingerprint density at radius 1 is 1.52 bits per heavy atom. The van der Waals surface area contributed by atoms with Crippen molar-refractivity contribution >= 4 is 48.9 Å². The van der Waals surface area contributed by atoms with Gasteiger partial charge in [0.1, 0.15) is 10.6 Å². The number of rotatable bonds is 3. The third-order valence-corrected chi connectivity index (χ3v) is 4.81. The van der Waals surface area contributed by atoms with Crippen molar-refractivity contribution < 1.29 is 9.21 Å². The quantitative estimate of drug-likeness (QED) is 0.744. The lowest BCUT2D eigenvalue weighted by atomic mass is 10.2. The number of oxazole rings is 1. The molecule has 1 aromatic carbocycles. The molecule has 2 heterocycles. The molecule has 0 bridgehead atoms. The first-order chi connectivity index (χ1) is 10.1. The molecule has 1 amide bonds. The second kappa shape index (κ2) is 5.50. The van der Waals surface area contributed by atoms with E-state index in [4.69, 9.17) is 10.2 Å². The summed E-state index contributed by atoms with van der Waals surface area (Å²) >= 11 is 4.83. The van der Waals surface area contributed by atoms with Gasteiger partial charge < -0.3 is 15.5 Å². The van der Waals surface area contributed by atoms with Crippen molar-refractivity contribution in [3.05, 3.63) is 45.4 Å². The molecular weight excluding hydrogens is 354 g/mol. The third kappa shape index (κ3) is 2.66. The van der Waals surface area contributed by atoms with Gasteiger partial charge in [-0.3, -0.25) is 4.79 Å². The fourth-order valence-corrected chi connectivity index (χ4v) is 3.79. The summed E-state index contributed by atoms with van der Waals surface area (Å²) in [5.74, 6) is 0.961. The summed E-state index contributed by atoms with van der Waals surface area (Å²) in [4.78, 5) is 16.8. The van der Waals surface area contributed by atoms with Gasteiger partial charge >= 0.3 is 0 Å². The third-order valence-electron chi connectivity index (χ3n) is 2.98. The van der Waals surface area contributed by atoms with E-state index in [9.17, 15) is 4.79 Å². The summed E-state index contributed by atoms with van der Waals surface area (Å²) in [5.41, 5.74) is 6.58. The maximum Gasteiger partial charge on any atom is 0.263 e. The Bertz CT molecular complexity index is 825. The summed E-state index contributed by atoms with van der Waals surface area (Å²) in [6.07, 6.45) is 1.62. The maximum absolute atomic E-state index is 12.3. The molecule has 0 saturated carbocycles. The molecule has 5 nitrogen and oxygen atoms in total. The van der Waals surface area contributed by atoms with Crippen LogP contribution in [-0.2, 0) is 6.54 Å². The highest BCUT2D eigenvalue weighted by Crippen LogP contribution is 2.38. The summed E-state index contributed by atoms with van der Waals surface area (Å²) in [7, 11) is 0. The van der Waals surface area contributed by atoms with Gasteiger partial charge in [0, 0.05) is 14.6 Å². The molecular formula is C14H12BrN3O2S. The van der Waals surface area contributed by atoms with Crippen molar-refractivity contribution in [3.8, 4) is 0 Å². The van der Waals surface area contributed by atoms with E-state index in [1.807, 2.05) is 18.2 Å². The van der Waals surface area contributed by atoms with Crippen LogP contribution in [0.5, 0.6) is 0 Å². The smallest absolute Gasteiger partial charge is 0.263 e. The van der Waals surface area contributed by atoms with Gasteiger partial charge in [-0.1, -0.05) is 22.0 Å². The van der Waals surface area contributed by atoms with E-state index in [0.717, 1.165) is 14.6 Å². The number of amides is 1. The minimum absolute atomic E-state index is 0.226. The number of nitrogens with one attached hydrogen (secondary N) is 1. The first-order valence-electron chi connectivity index (χ1n) is 6.22. The van der Waals surface area contributed by atoms with Crippen molar-refractivity contribution in [2.45, 2.75) is 13.5 Å². The van der Waals surface area contributed by atoms with Crippen molar-refractivity contribution in [3.63, 3.8) is 0 Å². The number of thiophene rings is 1. The van der Waals surface area contributed by atoms with Gasteiger partial charge in [0.05, 0.1) is 18.4 Å². The molecule has 0 spiro atoms. The number of anilines is 1. The molecule has 7 heteroatoms. The Morgan fingerprint density at radius 3 is 3.00 bits per heavy atom. The fourth-order valence-electron chi connectivity index (χ4n) is 2.02. The van der Waals surface area contributed by atoms with Gasteiger partial charge in [-0.25, -0.2) is 4.98 Å². The van der Waals surface area contributed by atoms with Gasteiger partial charge in [0.15, 0.2) is 0 Å². The van der Waals surface area contributed by atoms with Crippen LogP contribution in [0, 0.1) is 6.92 Å². The molecule has 0 fully saturated rings. The second-order valence-electron chi connectivity index (χ2n) is 4.51. The minimum atomic E-state index is -0.226. The highest BCUT2D eigenvalue weighted by molar-refractivity contribution is 9.10. The van der Waals surface area contributed by atoms with E-state index >= 15 is 0 Å². The Kier molecular flexibility index (Phi) is 3.69. The average molecular weight is 366 g/mol. The fraction of sp³-hybridized carbons (Fsp3) is 0.143. The molecule has 0 aliphatic heterocycles. The van der Waals surface area contributed by atoms with Crippen molar-refractivity contribution in [2.24, 2.45) is 0 Å². The van der Waals surface area contributed by atoms with Crippen molar-refractivity contribution in [1.29, 1.82) is 0 Å². The van der Waals surface area contributed by atoms with Gasteiger partial charge in [-0.2, -0.15) is 0 Å². The number of benzene rings is 1. The van der Waals surface area contributed by atoms with Gasteiger partial charge in [-0.05, 0) is 19.1 Å². The number of fused-ring (bicyclic) bond motifs is 1. The van der Waals surface area contributed by atoms with Crippen molar-refractivity contribution in [2.75, 3.05) is 5.73 Å². The molecule has 2 aromatic heterocycles. The Balaban J connectivity index is 1.84. The number of nitrogens with zero attached hydrogens (tertiary/aromatic N) is 1. The number of nitrogens with two attached hydrogens (primary N) is 1. The topological polar surface area (TPSA) is 81.2 Å². The minimum Gasteiger partial charge on any atom is -0.444 e. The molecule has 21 heavy (non-hydrogen) atoms. The highest BCUT2D eigenvalue weighted by Gasteiger charge is 2.18. The second-order valence-corrected chi connectivity index (χ2v) is 6.41. The van der Waals surface area contributed by atoms with Crippen LogP contribution in [0.25, 0.3) is 10.1 Å². The maximum atomic E-state index is 12.3. The molecule has 0 aliphatic rings. The number of carbonyl (C=O) groups is 1. The molecule has 108 valence electrons. The molecule has 0 saturated heterocycles. The van der Waals surface area contributed by atoms with Gasteiger partial charge in [0.2, 0.25) is 5.89 Å². The summed E-state index contributed by atoms with van der Waals surface area (Å²) in [6, 6.07) is 5.76. The first kappa shape index (κ1) is 14.1. The predicted octanol–water partition coefficient (Wildman–Crippen LogP) is 3.47. The van der Waals surface area contributed by atoms with E-state index in [1.54, 1.807) is 13.1 Å². The number of carbonyl (C=O) groups excluding carboxylic acids is 1. The van der Waals surface area contributed by atoms with E-state index in [0.29, 0.717) is 22.2 Å². The van der Waals surface area contributed by atoms with E-state index in [2.05, 4.69) is 26.2 Å². The van der Waals surface area contributed by atoms with Crippen LogP contribution in [-0.4, -0.2) is 10.9 Å². The normalized spacial score (nSPS) is 11.0. The number of aromatic nitrogens is 1. The highest BCUT2D eigenvalue weighted by atomic mass is 79.9. The monoisotopic (exact) mass is 365 g/mol. The summed E-state index contributed by atoms with van der Waals surface area (Å²) in [6.45, 7) is 2.04. The standard InChI is InChI=1S/C14H12BrN3O2S/c1-7-5-17-10(20-7)6-18-14(19)13-12(16)11-8(15)3-2-4-9(11)21-13/h2-5H,6,16H2,1H3,(H,18,19). The van der Waals surface area contributed by atoms with Crippen LogP contribution in [0.3, 0.4) is 0 Å². The van der Waals surface area contributed by atoms with E-state index in [1.165, 1.54) is 11.3 Å².